The second-order valence-electron chi connectivity index (χ2n) is 7.19. The molecule has 2 aromatic carbocycles. The Hall–Kier alpha value is -2.36. The van der Waals surface area contributed by atoms with Gasteiger partial charge in [0.1, 0.15) is 6.10 Å². The topological polar surface area (TPSA) is 18.5 Å². The number of benzene rings is 2. The Morgan fingerprint density at radius 1 is 1.00 bits per heavy atom. The van der Waals surface area contributed by atoms with E-state index in [0.717, 1.165) is 24.8 Å². The molecule has 28 heavy (non-hydrogen) atoms. The van der Waals surface area contributed by atoms with Crippen LogP contribution in [0.15, 0.2) is 48.2 Å². The van der Waals surface area contributed by atoms with Gasteiger partial charge in [-0.05, 0) is 61.4 Å². The molecule has 1 aliphatic heterocycles. The highest BCUT2D eigenvalue weighted by atomic mass is 19.2. The molecule has 0 radical (unpaired) electrons. The molecular formula is C24H28F2O2. The van der Waals surface area contributed by atoms with Gasteiger partial charge in [0.05, 0.1) is 12.9 Å². The number of rotatable bonds is 8. The van der Waals surface area contributed by atoms with Gasteiger partial charge in [0, 0.05) is 5.56 Å². The molecule has 150 valence electrons. The summed E-state index contributed by atoms with van der Waals surface area (Å²) < 4.78 is 39.6. The second-order valence-corrected chi connectivity index (χ2v) is 7.19. The summed E-state index contributed by atoms with van der Waals surface area (Å²) >= 11 is 0. The Bertz CT molecular complexity index is 812. The van der Waals surface area contributed by atoms with Crippen molar-refractivity contribution in [3.05, 3.63) is 65.4 Å². The van der Waals surface area contributed by atoms with Crippen LogP contribution in [-0.2, 0) is 4.74 Å². The summed E-state index contributed by atoms with van der Waals surface area (Å²) in [4.78, 5) is 0. The van der Waals surface area contributed by atoms with Crippen molar-refractivity contribution in [2.24, 2.45) is 0 Å². The van der Waals surface area contributed by atoms with E-state index in [4.69, 9.17) is 9.47 Å². The Labute approximate surface area is 166 Å². The molecule has 2 aromatic rings. The van der Waals surface area contributed by atoms with E-state index in [9.17, 15) is 8.78 Å². The lowest BCUT2D eigenvalue weighted by atomic mass is 9.95. The van der Waals surface area contributed by atoms with Crippen molar-refractivity contribution in [1.82, 2.24) is 0 Å². The van der Waals surface area contributed by atoms with Gasteiger partial charge in [0.2, 0.25) is 5.82 Å². The van der Waals surface area contributed by atoms with E-state index in [2.05, 4.69) is 6.92 Å². The van der Waals surface area contributed by atoms with Crippen LogP contribution in [0.4, 0.5) is 8.78 Å². The van der Waals surface area contributed by atoms with Crippen LogP contribution in [0.3, 0.4) is 0 Å². The molecule has 1 aliphatic rings. The first-order valence-corrected chi connectivity index (χ1v) is 10.2. The van der Waals surface area contributed by atoms with E-state index in [1.165, 1.54) is 30.9 Å². The lowest BCUT2D eigenvalue weighted by Gasteiger charge is -2.24. The Balaban J connectivity index is 1.69. The fraction of sp³-hybridized carbons (Fsp3) is 0.417. The molecule has 0 fully saturated rings. The van der Waals surface area contributed by atoms with Crippen molar-refractivity contribution in [2.75, 3.05) is 6.61 Å². The van der Waals surface area contributed by atoms with Crippen molar-refractivity contribution in [3.63, 3.8) is 0 Å². The first-order valence-electron chi connectivity index (χ1n) is 10.2. The zero-order chi connectivity index (χ0) is 19.9. The summed E-state index contributed by atoms with van der Waals surface area (Å²) in [6.45, 7) is 4.24. The van der Waals surface area contributed by atoms with E-state index in [1.807, 2.05) is 30.5 Å². The third-order valence-corrected chi connectivity index (χ3v) is 5.17. The quantitative estimate of drug-likeness (QED) is 0.442. The van der Waals surface area contributed by atoms with Crippen LogP contribution < -0.4 is 4.74 Å². The average molecular weight is 386 g/mol. The zero-order valence-electron chi connectivity index (χ0n) is 16.6. The van der Waals surface area contributed by atoms with Gasteiger partial charge in [0.25, 0.3) is 0 Å². The Morgan fingerprint density at radius 3 is 2.43 bits per heavy atom. The van der Waals surface area contributed by atoms with Crippen LogP contribution in [-0.4, -0.2) is 6.61 Å². The lowest BCUT2D eigenvalue weighted by Crippen LogP contribution is -2.07. The minimum atomic E-state index is -0.945. The van der Waals surface area contributed by atoms with Crippen LogP contribution in [0.1, 0.15) is 64.0 Å². The largest absolute Gasteiger partial charge is 0.493 e. The highest BCUT2D eigenvalue weighted by molar-refractivity contribution is 5.65. The number of hydrogen-bond acceptors (Lipinski definition) is 2. The van der Waals surface area contributed by atoms with Crippen molar-refractivity contribution >= 4 is 0 Å². The second kappa shape index (κ2) is 9.72. The van der Waals surface area contributed by atoms with E-state index in [-0.39, 0.29) is 17.4 Å². The molecule has 0 saturated carbocycles. The van der Waals surface area contributed by atoms with Gasteiger partial charge in [0.15, 0.2) is 11.6 Å². The predicted molar refractivity (Wildman–Crippen MR) is 108 cm³/mol. The highest BCUT2D eigenvalue weighted by Gasteiger charge is 2.19. The van der Waals surface area contributed by atoms with Crippen LogP contribution in [0.25, 0.3) is 11.1 Å². The fourth-order valence-electron chi connectivity index (χ4n) is 3.55. The van der Waals surface area contributed by atoms with Crippen molar-refractivity contribution in [2.45, 2.75) is 58.5 Å². The van der Waals surface area contributed by atoms with Crippen molar-refractivity contribution in [1.29, 1.82) is 0 Å². The van der Waals surface area contributed by atoms with Gasteiger partial charge < -0.3 is 9.47 Å². The van der Waals surface area contributed by atoms with Gasteiger partial charge in [-0.1, -0.05) is 44.0 Å². The van der Waals surface area contributed by atoms with E-state index < -0.39 is 11.6 Å². The van der Waals surface area contributed by atoms with E-state index >= 15 is 0 Å². The lowest BCUT2D eigenvalue weighted by molar-refractivity contribution is 0.119. The first kappa shape index (κ1) is 20.4. The fourth-order valence-corrected chi connectivity index (χ4v) is 3.55. The smallest absolute Gasteiger partial charge is 0.201 e. The molecule has 2 nitrogen and oxygen atoms in total. The molecule has 1 atom stereocenters. The third kappa shape index (κ3) is 4.73. The molecule has 0 amide bonds. The molecule has 0 bridgehead atoms. The van der Waals surface area contributed by atoms with Crippen LogP contribution in [0.5, 0.6) is 5.75 Å². The molecule has 0 N–H and O–H groups in total. The molecule has 0 spiro atoms. The highest BCUT2D eigenvalue weighted by Crippen LogP contribution is 2.34. The first-order chi connectivity index (χ1) is 13.6. The maximum atomic E-state index is 14.4. The number of unbranched alkanes of at least 4 members (excludes halogenated alkanes) is 2. The number of halogens is 2. The standard InChI is InChI=1S/C24H28F2O2/c1-3-5-6-7-17-8-14-21(28-16-17)19-11-9-18(10-12-19)20-13-15-22(27-4-2)24(26)23(20)25/h9-13,15-16,21H,3-8,14H2,1-2H3. The molecule has 0 aliphatic carbocycles. The van der Waals surface area contributed by atoms with Crippen molar-refractivity contribution in [3.8, 4) is 16.9 Å². The average Bonchev–Trinajstić information content (AvgIpc) is 2.73. The van der Waals surface area contributed by atoms with Crippen molar-refractivity contribution < 1.29 is 18.3 Å². The van der Waals surface area contributed by atoms with E-state index in [0.29, 0.717) is 12.2 Å². The maximum Gasteiger partial charge on any atom is 0.201 e. The van der Waals surface area contributed by atoms with Crippen LogP contribution >= 0.6 is 0 Å². The van der Waals surface area contributed by atoms with Gasteiger partial charge in [-0.25, -0.2) is 4.39 Å². The SMILES string of the molecule is CCCCCC1=COC(c2ccc(-c3ccc(OCC)c(F)c3F)cc2)CC1. The summed E-state index contributed by atoms with van der Waals surface area (Å²) in [5.41, 5.74) is 3.30. The van der Waals surface area contributed by atoms with Gasteiger partial charge in [-0.15, -0.1) is 0 Å². The van der Waals surface area contributed by atoms with Crippen LogP contribution in [0.2, 0.25) is 0 Å². The summed E-state index contributed by atoms with van der Waals surface area (Å²) in [7, 11) is 0. The minimum absolute atomic E-state index is 0.0193. The molecule has 1 unspecified atom stereocenters. The molecule has 0 aromatic heterocycles. The number of allylic oxidation sites excluding steroid dienone is 1. The summed E-state index contributed by atoms with van der Waals surface area (Å²) in [6, 6.07) is 10.5. The van der Waals surface area contributed by atoms with Gasteiger partial charge in [-0.2, -0.15) is 4.39 Å². The third-order valence-electron chi connectivity index (χ3n) is 5.17. The summed E-state index contributed by atoms with van der Waals surface area (Å²) in [5, 5.41) is 0. The van der Waals surface area contributed by atoms with Gasteiger partial charge in [-0.3, -0.25) is 0 Å². The Kier molecular flexibility index (Phi) is 7.07. The number of ether oxygens (including phenoxy) is 2. The zero-order valence-corrected chi connectivity index (χ0v) is 16.6. The molecule has 0 saturated heterocycles. The maximum absolute atomic E-state index is 14.4. The predicted octanol–water partition coefficient (Wildman–Crippen LogP) is 7.35. The Morgan fingerprint density at radius 2 is 1.79 bits per heavy atom. The van der Waals surface area contributed by atoms with Crippen LogP contribution in [0, 0.1) is 11.6 Å². The summed E-state index contributed by atoms with van der Waals surface area (Å²) in [6.07, 6.45) is 8.74. The van der Waals surface area contributed by atoms with Gasteiger partial charge >= 0.3 is 0 Å². The molecule has 3 rings (SSSR count). The molecular weight excluding hydrogens is 358 g/mol. The molecule has 1 heterocycles. The minimum Gasteiger partial charge on any atom is -0.493 e. The molecule has 4 heteroatoms. The normalized spacial score (nSPS) is 16.4. The monoisotopic (exact) mass is 386 g/mol. The van der Waals surface area contributed by atoms with E-state index in [1.54, 1.807) is 13.0 Å². The number of hydrogen-bond donors (Lipinski definition) is 0. The summed E-state index contributed by atoms with van der Waals surface area (Å²) in [5.74, 6) is -1.88.